The predicted molar refractivity (Wildman–Crippen MR) is 73.9 cm³/mol. The SMILES string of the molecule is CCc1ccc(C(N)C2CCCCCC2)cc1. The van der Waals surface area contributed by atoms with Crippen LogP contribution in [-0.4, -0.2) is 0 Å². The molecule has 94 valence electrons. The zero-order valence-corrected chi connectivity index (χ0v) is 11.0. The molecular weight excluding hydrogens is 206 g/mol. The zero-order valence-electron chi connectivity index (χ0n) is 11.0. The van der Waals surface area contributed by atoms with E-state index in [1.165, 1.54) is 49.7 Å². The minimum Gasteiger partial charge on any atom is -0.324 e. The van der Waals surface area contributed by atoms with Crippen molar-refractivity contribution in [1.29, 1.82) is 0 Å². The molecule has 2 rings (SSSR count). The van der Waals surface area contributed by atoms with Crippen molar-refractivity contribution >= 4 is 0 Å². The maximum absolute atomic E-state index is 6.43. The molecule has 2 N–H and O–H groups in total. The van der Waals surface area contributed by atoms with E-state index >= 15 is 0 Å². The monoisotopic (exact) mass is 231 g/mol. The molecule has 0 radical (unpaired) electrons. The van der Waals surface area contributed by atoms with Gasteiger partial charge in [-0.1, -0.05) is 56.9 Å². The van der Waals surface area contributed by atoms with Crippen molar-refractivity contribution < 1.29 is 0 Å². The van der Waals surface area contributed by atoms with E-state index in [4.69, 9.17) is 5.73 Å². The Hall–Kier alpha value is -0.820. The topological polar surface area (TPSA) is 26.0 Å². The molecule has 0 heterocycles. The van der Waals surface area contributed by atoms with Crippen molar-refractivity contribution in [2.75, 3.05) is 0 Å². The highest BCUT2D eigenvalue weighted by Gasteiger charge is 2.20. The third-order valence-electron chi connectivity index (χ3n) is 4.18. The van der Waals surface area contributed by atoms with Crippen LogP contribution in [0.15, 0.2) is 24.3 Å². The number of hydrogen-bond acceptors (Lipinski definition) is 1. The van der Waals surface area contributed by atoms with Crippen LogP contribution in [-0.2, 0) is 6.42 Å². The molecular formula is C16H25N. The van der Waals surface area contributed by atoms with Crippen LogP contribution in [0.3, 0.4) is 0 Å². The summed E-state index contributed by atoms with van der Waals surface area (Å²) >= 11 is 0. The lowest BCUT2D eigenvalue weighted by atomic mass is 9.87. The molecule has 1 saturated carbocycles. The van der Waals surface area contributed by atoms with Gasteiger partial charge >= 0.3 is 0 Å². The third-order valence-corrected chi connectivity index (χ3v) is 4.18. The summed E-state index contributed by atoms with van der Waals surface area (Å²) in [4.78, 5) is 0. The Morgan fingerprint density at radius 1 is 1.06 bits per heavy atom. The molecule has 0 spiro atoms. The van der Waals surface area contributed by atoms with Crippen molar-refractivity contribution in [3.05, 3.63) is 35.4 Å². The second-order valence-corrected chi connectivity index (χ2v) is 5.37. The van der Waals surface area contributed by atoms with Crippen LogP contribution in [0, 0.1) is 5.92 Å². The van der Waals surface area contributed by atoms with Crippen LogP contribution in [0.1, 0.15) is 62.6 Å². The van der Waals surface area contributed by atoms with E-state index in [-0.39, 0.29) is 6.04 Å². The van der Waals surface area contributed by atoms with Gasteiger partial charge in [-0.05, 0) is 36.3 Å². The van der Waals surface area contributed by atoms with Gasteiger partial charge < -0.3 is 5.73 Å². The Kier molecular flexibility index (Phi) is 4.61. The Morgan fingerprint density at radius 2 is 1.65 bits per heavy atom. The number of hydrogen-bond donors (Lipinski definition) is 1. The number of benzene rings is 1. The van der Waals surface area contributed by atoms with Crippen LogP contribution in [0.2, 0.25) is 0 Å². The molecule has 1 unspecified atom stereocenters. The molecule has 1 aliphatic rings. The van der Waals surface area contributed by atoms with E-state index in [0.717, 1.165) is 6.42 Å². The van der Waals surface area contributed by atoms with Crippen LogP contribution < -0.4 is 5.73 Å². The summed E-state index contributed by atoms with van der Waals surface area (Å²) in [6.07, 6.45) is 9.28. The lowest BCUT2D eigenvalue weighted by molar-refractivity contribution is 0.382. The minimum absolute atomic E-state index is 0.249. The molecule has 0 saturated heterocycles. The van der Waals surface area contributed by atoms with Gasteiger partial charge in [0.25, 0.3) is 0 Å². The van der Waals surface area contributed by atoms with Gasteiger partial charge in [0, 0.05) is 6.04 Å². The van der Waals surface area contributed by atoms with Gasteiger partial charge in [0.05, 0.1) is 0 Å². The fourth-order valence-electron chi connectivity index (χ4n) is 2.92. The summed E-state index contributed by atoms with van der Waals surface area (Å²) in [5.74, 6) is 0.699. The van der Waals surface area contributed by atoms with Gasteiger partial charge in [-0.15, -0.1) is 0 Å². The van der Waals surface area contributed by atoms with Gasteiger partial charge in [-0.25, -0.2) is 0 Å². The summed E-state index contributed by atoms with van der Waals surface area (Å²) in [5.41, 5.74) is 9.16. The standard InChI is InChI=1S/C16H25N/c1-2-13-9-11-15(12-10-13)16(17)14-7-5-3-4-6-8-14/h9-12,14,16H,2-8,17H2,1H3. The number of aryl methyl sites for hydroxylation is 1. The normalized spacial score (nSPS) is 19.9. The smallest absolute Gasteiger partial charge is 0.0323 e. The van der Waals surface area contributed by atoms with Gasteiger partial charge in [0.2, 0.25) is 0 Å². The quantitative estimate of drug-likeness (QED) is 0.774. The lowest BCUT2D eigenvalue weighted by Crippen LogP contribution is -2.21. The minimum atomic E-state index is 0.249. The fraction of sp³-hybridized carbons (Fsp3) is 0.625. The molecule has 1 fully saturated rings. The lowest BCUT2D eigenvalue weighted by Gasteiger charge is -2.22. The van der Waals surface area contributed by atoms with Crippen LogP contribution in [0.4, 0.5) is 0 Å². The van der Waals surface area contributed by atoms with Gasteiger partial charge in [-0.2, -0.15) is 0 Å². The first kappa shape index (κ1) is 12.6. The highest BCUT2D eigenvalue weighted by Crippen LogP contribution is 2.31. The number of rotatable bonds is 3. The average molecular weight is 231 g/mol. The molecule has 1 aromatic carbocycles. The molecule has 1 nitrogen and oxygen atoms in total. The summed E-state index contributed by atoms with van der Waals surface area (Å²) in [6.45, 7) is 2.19. The summed E-state index contributed by atoms with van der Waals surface area (Å²) in [5, 5.41) is 0. The first-order chi connectivity index (χ1) is 8.31. The van der Waals surface area contributed by atoms with Crippen molar-refractivity contribution in [2.45, 2.75) is 57.9 Å². The van der Waals surface area contributed by atoms with E-state index in [1.807, 2.05) is 0 Å². The van der Waals surface area contributed by atoms with Crippen LogP contribution in [0.25, 0.3) is 0 Å². The van der Waals surface area contributed by atoms with E-state index in [1.54, 1.807) is 0 Å². The Morgan fingerprint density at radius 3 is 2.18 bits per heavy atom. The van der Waals surface area contributed by atoms with Crippen molar-refractivity contribution in [3.63, 3.8) is 0 Å². The van der Waals surface area contributed by atoms with Crippen molar-refractivity contribution in [1.82, 2.24) is 0 Å². The first-order valence-corrected chi connectivity index (χ1v) is 7.15. The Bertz CT molecular complexity index is 320. The maximum atomic E-state index is 6.43. The van der Waals surface area contributed by atoms with E-state index in [9.17, 15) is 0 Å². The summed E-state index contributed by atoms with van der Waals surface area (Å²) in [6, 6.07) is 9.17. The van der Waals surface area contributed by atoms with Crippen molar-refractivity contribution in [2.24, 2.45) is 11.7 Å². The molecule has 1 atom stereocenters. The van der Waals surface area contributed by atoms with Gasteiger partial charge in [0.1, 0.15) is 0 Å². The fourth-order valence-corrected chi connectivity index (χ4v) is 2.92. The van der Waals surface area contributed by atoms with Crippen LogP contribution in [0.5, 0.6) is 0 Å². The van der Waals surface area contributed by atoms with Gasteiger partial charge in [-0.3, -0.25) is 0 Å². The number of nitrogens with two attached hydrogens (primary N) is 1. The van der Waals surface area contributed by atoms with E-state index < -0.39 is 0 Å². The predicted octanol–water partition coefficient (Wildman–Crippen LogP) is 4.22. The van der Waals surface area contributed by atoms with Crippen molar-refractivity contribution in [3.8, 4) is 0 Å². The maximum Gasteiger partial charge on any atom is 0.0323 e. The second kappa shape index (κ2) is 6.20. The molecule has 17 heavy (non-hydrogen) atoms. The van der Waals surface area contributed by atoms with Gasteiger partial charge in [0.15, 0.2) is 0 Å². The molecule has 0 bridgehead atoms. The third kappa shape index (κ3) is 3.32. The molecule has 0 aliphatic heterocycles. The van der Waals surface area contributed by atoms with Crippen LogP contribution >= 0.6 is 0 Å². The molecule has 0 amide bonds. The molecule has 1 aromatic rings. The van der Waals surface area contributed by atoms with E-state index in [0.29, 0.717) is 5.92 Å². The molecule has 1 aliphatic carbocycles. The average Bonchev–Trinajstić information content (AvgIpc) is 2.67. The molecule has 1 heteroatoms. The highest BCUT2D eigenvalue weighted by atomic mass is 14.7. The first-order valence-electron chi connectivity index (χ1n) is 7.15. The zero-order chi connectivity index (χ0) is 12.1. The largest absolute Gasteiger partial charge is 0.324 e. The van der Waals surface area contributed by atoms with E-state index in [2.05, 4.69) is 31.2 Å². The summed E-state index contributed by atoms with van der Waals surface area (Å²) in [7, 11) is 0. The second-order valence-electron chi connectivity index (χ2n) is 5.37. The highest BCUT2D eigenvalue weighted by molar-refractivity contribution is 5.25. The Labute approximate surface area is 105 Å². The summed E-state index contributed by atoms with van der Waals surface area (Å²) < 4.78 is 0. The molecule has 0 aromatic heterocycles. The Balaban J connectivity index is 2.03.